The fraction of sp³-hybridized carbons (Fsp3) is 0.409. The molecule has 3 aliphatic heterocycles. The summed E-state index contributed by atoms with van der Waals surface area (Å²) >= 11 is 13.7. The Balaban J connectivity index is 1.33. The summed E-state index contributed by atoms with van der Waals surface area (Å²) < 4.78 is 2.45. The molecule has 282 valence electrons. The molecular weight excluding hydrogens is 721 g/mol. The van der Waals surface area contributed by atoms with Gasteiger partial charge in [-0.3, -0.25) is 4.79 Å². The third kappa shape index (κ3) is 6.45. The molecule has 10 heteroatoms. The number of unbranched alkanes of at least 4 members (excludes halogenated alkanes) is 2. The number of carbonyl (C=O) groups is 3. The predicted molar refractivity (Wildman–Crippen MR) is 215 cm³/mol. The number of carboxylic acid groups (broad SMARTS) is 1. The van der Waals surface area contributed by atoms with Crippen molar-refractivity contribution in [1.29, 1.82) is 0 Å². The highest BCUT2D eigenvalue weighted by atomic mass is 35.5. The molecule has 1 N–H and O–H groups in total. The number of carboxylic acids is 1. The normalized spacial score (nSPS) is 18.2. The van der Waals surface area contributed by atoms with E-state index in [1.165, 1.54) is 16.5 Å². The van der Waals surface area contributed by atoms with E-state index in [0.717, 1.165) is 82.6 Å². The van der Waals surface area contributed by atoms with Crippen LogP contribution in [0.5, 0.6) is 0 Å². The van der Waals surface area contributed by atoms with Crippen LogP contribution in [0.25, 0.3) is 11.1 Å². The minimum atomic E-state index is -1.12. The first kappa shape index (κ1) is 37.9. The molecule has 0 radical (unpaired) electrons. The Bertz CT molecular complexity index is 2310. The molecule has 0 bridgehead atoms. The minimum absolute atomic E-state index is 0.000741. The molecule has 3 heterocycles. The van der Waals surface area contributed by atoms with E-state index >= 15 is 0 Å². The fourth-order valence-electron chi connectivity index (χ4n) is 8.79. The first-order chi connectivity index (χ1) is 25.5. The highest BCUT2D eigenvalue weighted by Crippen LogP contribution is 2.48. The maximum atomic E-state index is 12.9. The Morgan fingerprint density at radius 3 is 2.41 bits per heavy atom. The van der Waals surface area contributed by atoms with Crippen LogP contribution in [0.15, 0.2) is 54.8 Å². The van der Waals surface area contributed by atoms with Gasteiger partial charge in [0.1, 0.15) is 13.1 Å². The highest BCUT2D eigenvalue weighted by Gasteiger charge is 2.39. The molecule has 7 rings (SSSR count). The number of hydrogen-bond acceptors (Lipinski definition) is 5. The summed E-state index contributed by atoms with van der Waals surface area (Å²) in [6.45, 7) is 16.6. The van der Waals surface area contributed by atoms with Gasteiger partial charge in [-0.25, -0.2) is 14.2 Å². The van der Waals surface area contributed by atoms with Crippen LogP contribution in [0.4, 0.5) is 5.69 Å². The molecule has 0 aromatic heterocycles. The lowest BCUT2D eigenvalue weighted by molar-refractivity contribution is -0.186. The summed E-state index contributed by atoms with van der Waals surface area (Å²) in [5, 5.41) is 14.3. The number of amides is 1. The number of allylic oxidation sites excluding steroid dienone is 2. The molecule has 3 aromatic carbocycles. The van der Waals surface area contributed by atoms with Crippen molar-refractivity contribution in [2.45, 2.75) is 96.9 Å². The number of carbonyl (C=O) groups excluding carboxylic acids is 2. The molecule has 1 fully saturated rings. The number of anilines is 1. The lowest BCUT2D eigenvalue weighted by Crippen LogP contribution is -2.44. The first-order valence-corrected chi connectivity index (χ1v) is 19.6. The van der Waals surface area contributed by atoms with Crippen molar-refractivity contribution in [2.75, 3.05) is 25.0 Å². The van der Waals surface area contributed by atoms with E-state index in [1.54, 1.807) is 12.1 Å². The number of rotatable bonds is 9. The van der Waals surface area contributed by atoms with Crippen molar-refractivity contribution in [1.82, 2.24) is 9.64 Å². The molecule has 54 heavy (non-hydrogen) atoms. The van der Waals surface area contributed by atoms with Crippen molar-refractivity contribution in [3.63, 3.8) is 0 Å². The average Bonchev–Trinajstić information content (AvgIpc) is 3.42. The summed E-state index contributed by atoms with van der Waals surface area (Å²) in [5.41, 5.74) is 8.89. The summed E-state index contributed by atoms with van der Waals surface area (Å²) in [5.74, 6) is -1.76. The third-order valence-corrected chi connectivity index (χ3v) is 12.5. The van der Waals surface area contributed by atoms with Gasteiger partial charge < -0.3 is 14.8 Å². The number of likely N-dealkylation sites (N-methyl/N-ethyl adjacent to an activating group) is 1. The van der Waals surface area contributed by atoms with Gasteiger partial charge in [-0.2, -0.15) is 0 Å². The lowest BCUT2D eigenvalue weighted by Gasteiger charge is -2.43. The minimum Gasteiger partial charge on any atom is -0.478 e. The Morgan fingerprint density at radius 1 is 0.963 bits per heavy atom. The predicted octanol–water partition coefficient (Wildman–Crippen LogP) is 7.80. The van der Waals surface area contributed by atoms with Crippen LogP contribution in [0.3, 0.4) is 0 Å². The Hall–Kier alpha value is -4.40. The third-order valence-electron chi connectivity index (χ3n) is 11.9. The lowest BCUT2D eigenvalue weighted by atomic mass is 9.67. The van der Waals surface area contributed by atoms with Crippen LogP contribution in [-0.2, 0) is 26.3 Å². The Morgan fingerprint density at radius 2 is 1.70 bits per heavy atom. The summed E-state index contributed by atoms with van der Waals surface area (Å²) in [6, 6.07) is 12.4. The maximum absolute atomic E-state index is 12.9. The van der Waals surface area contributed by atoms with E-state index in [-0.39, 0.29) is 28.5 Å². The molecular formula is C44H48Cl2N3O5+. The monoisotopic (exact) mass is 768 g/mol. The van der Waals surface area contributed by atoms with Gasteiger partial charge in [0, 0.05) is 71.6 Å². The van der Waals surface area contributed by atoms with Crippen molar-refractivity contribution in [3.8, 4) is 0 Å². The smallest absolute Gasteiger partial charge is 0.337 e. The number of fused-ring (bicyclic) bond motifs is 4. The largest absolute Gasteiger partial charge is 0.478 e. The van der Waals surface area contributed by atoms with Crippen LogP contribution >= 0.6 is 23.2 Å². The van der Waals surface area contributed by atoms with Gasteiger partial charge in [0.25, 0.3) is 5.91 Å². The van der Waals surface area contributed by atoms with Gasteiger partial charge in [-0.15, -0.1) is 5.06 Å². The van der Waals surface area contributed by atoms with Crippen molar-refractivity contribution in [2.24, 2.45) is 0 Å². The first-order valence-electron chi connectivity index (χ1n) is 18.9. The number of hydrogen-bond donors (Lipinski definition) is 1. The summed E-state index contributed by atoms with van der Waals surface area (Å²) in [4.78, 5) is 44.9. The summed E-state index contributed by atoms with van der Waals surface area (Å²) in [6.07, 6.45) is 7.63. The molecule has 1 amide bonds. The van der Waals surface area contributed by atoms with Gasteiger partial charge in [0.2, 0.25) is 5.36 Å². The van der Waals surface area contributed by atoms with E-state index in [0.29, 0.717) is 35.5 Å². The quantitative estimate of drug-likeness (QED) is 0.177. The standard InChI is InChI=1S/C44H47Cl2N3O5/c1-25-24-43(3,4)47(7)36-23-32-30(21-28(25)36)39(40-33(45)15-16-34(46)41(40)42(52)53)29-20-27-12-11-19-48(35(27)22-31(29)44(32,5)6)18-10-8-9-13-38(51)54-49-26(2)14-17-37(49)50/h15-16,20-24H,2,8-14,17-19H2,1,3-7H3/p+1. The van der Waals surface area contributed by atoms with Crippen LogP contribution in [0, 0.1) is 0 Å². The number of aromatic carboxylic acids is 1. The molecule has 4 aliphatic rings. The second-order valence-electron chi connectivity index (χ2n) is 16.2. The topological polar surface area (TPSA) is 90.2 Å². The zero-order chi connectivity index (χ0) is 38.9. The van der Waals surface area contributed by atoms with E-state index in [4.69, 9.17) is 28.0 Å². The number of benzene rings is 3. The van der Waals surface area contributed by atoms with Crippen molar-refractivity contribution < 1.29 is 24.3 Å². The fourth-order valence-corrected chi connectivity index (χ4v) is 9.28. The number of halogens is 2. The SMILES string of the molecule is C=C1CCC(=O)N1OC(=O)CCCCC[N+]1=c2cc3c(cc2CCC1)=C(c1c(Cl)ccc(Cl)c1C(=O)O)c1cc2c(cc1C3(C)C)N(C)C(C)(C)C=C2C. The maximum Gasteiger partial charge on any atom is 0.337 e. The van der Waals surface area contributed by atoms with E-state index in [1.807, 2.05) is 0 Å². The van der Waals surface area contributed by atoms with E-state index in [2.05, 4.69) is 88.1 Å². The van der Waals surface area contributed by atoms with Gasteiger partial charge in [0.05, 0.1) is 21.8 Å². The molecule has 1 aliphatic carbocycles. The van der Waals surface area contributed by atoms with Gasteiger partial charge >= 0.3 is 11.9 Å². The zero-order valence-electron chi connectivity index (χ0n) is 32.0. The molecule has 0 atom stereocenters. The average molecular weight is 770 g/mol. The number of aryl methyl sites for hydroxylation is 1. The van der Waals surface area contributed by atoms with E-state index in [9.17, 15) is 19.5 Å². The van der Waals surface area contributed by atoms with Gasteiger partial charge in [-0.1, -0.05) is 49.7 Å². The molecule has 1 saturated heterocycles. The molecule has 3 aromatic rings. The van der Waals surface area contributed by atoms with Crippen molar-refractivity contribution >= 4 is 57.9 Å². The molecule has 8 nitrogen and oxygen atoms in total. The second kappa shape index (κ2) is 14.0. The van der Waals surface area contributed by atoms with Crippen molar-refractivity contribution in [3.05, 3.63) is 114 Å². The molecule has 0 saturated carbocycles. The Labute approximate surface area is 327 Å². The van der Waals surface area contributed by atoms with Gasteiger partial charge in [-0.05, 0) is 110 Å². The molecule has 0 spiro atoms. The molecule has 0 unspecified atom stereocenters. The van der Waals surface area contributed by atoms with Crippen LogP contribution < -0.4 is 20.1 Å². The summed E-state index contributed by atoms with van der Waals surface area (Å²) in [7, 11) is 2.13. The Kier molecular flexibility index (Phi) is 9.84. The number of nitrogens with zero attached hydrogens (tertiary/aromatic N) is 3. The van der Waals surface area contributed by atoms with Crippen LogP contribution in [-0.4, -0.2) is 53.7 Å². The van der Waals surface area contributed by atoms with Crippen LogP contribution in [0.1, 0.15) is 123 Å². The van der Waals surface area contributed by atoms with E-state index < -0.39 is 17.4 Å². The van der Waals surface area contributed by atoms with Gasteiger partial charge in [0.15, 0.2) is 0 Å². The van der Waals surface area contributed by atoms with Crippen LogP contribution in [0.2, 0.25) is 10.0 Å². The second-order valence-corrected chi connectivity index (χ2v) is 17.0. The zero-order valence-corrected chi connectivity index (χ0v) is 33.5. The number of hydroxylamine groups is 2. The highest BCUT2D eigenvalue weighted by molar-refractivity contribution is 6.37.